The van der Waals surface area contributed by atoms with Gasteiger partial charge >= 0.3 is 0 Å². The quantitative estimate of drug-likeness (QED) is 0.792. The van der Waals surface area contributed by atoms with Crippen LogP contribution in [-0.2, 0) is 11.2 Å². The van der Waals surface area contributed by atoms with Crippen molar-refractivity contribution in [3.05, 3.63) is 29.8 Å². The van der Waals surface area contributed by atoms with E-state index in [0.29, 0.717) is 13.0 Å². The minimum absolute atomic E-state index is 0. The molecule has 1 N–H and O–H groups in total. The van der Waals surface area contributed by atoms with Crippen molar-refractivity contribution >= 4 is 41.5 Å². The van der Waals surface area contributed by atoms with Crippen LogP contribution in [0.1, 0.15) is 5.56 Å². The van der Waals surface area contributed by atoms with Crippen LogP contribution in [0.3, 0.4) is 0 Å². The maximum absolute atomic E-state index is 12.0. The van der Waals surface area contributed by atoms with Crippen molar-refractivity contribution in [1.29, 1.82) is 0 Å². The number of aliphatic imine (C=N–C) groups is 1. The van der Waals surface area contributed by atoms with Crippen LogP contribution >= 0.6 is 24.0 Å². The first kappa shape index (κ1) is 15.1. The lowest BCUT2D eigenvalue weighted by atomic mass is 10.2. The molecule has 0 saturated carbocycles. The Morgan fingerprint density at radius 3 is 2.90 bits per heavy atom. The first-order valence-electron chi connectivity index (χ1n) is 6.63. The Morgan fingerprint density at radius 1 is 1.35 bits per heavy atom. The van der Waals surface area contributed by atoms with E-state index in [0.717, 1.165) is 36.8 Å². The van der Waals surface area contributed by atoms with E-state index in [1.54, 1.807) is 0 Å². The Labute approximate surface area is 136 Å². The van der Waals surface area contributed by atoms with E-state index in [1.807, 2.05) is 36.2 Å². The highest BCUT2D eigenvalue weighted by Crippen LogP contribution is 2.27. The highest BCUT2D eigenvalue weighted by Gasteiger charge is 2.26. The Bertz CT molecular complexity index is 532. The zero-order valence-corrected chi connectivity index (χ0v) is 13.8. The molecule has 2 heterocycles. The molecule has 0 atom stereocenters. The molecule has 1 aromatic rings. The normalized spacial score (nSPS) is 16.9. The van der Waals surface area contributed by atoms with E-state index < -0.39 is 0 Å². The molecule has 0 bridgehead atoms. The Kier molecular flexibility index (Phi) is 4.85. The second-order valence-corrected chi connectivity index (χ2v) is 4.90. The number of benzene rings is 1. The van der Waals surface area contributed by atoms with Crippen LogP contribution < -0.4 is 10.2 Å². The van der Waals surface area contributed by atoms with Crippen molar-refractivity contribution in [2.45, 2.75) is 6.42 Å². The molecule has 0 radical (unpaired) electrons. The number of para-hydroxylation sites is 1. The van der Waals surface area contributed by atoms with E-state index in [1.165, 1.54) is 0 Å². The summed E-state index contributed by atoms with van der Waals surface area (Å²) in [5.41, 5.74) is 2.18. The summed E-state index contributed by atoms with van der Waals surface area (Å²) in [5, 5.41) is 3.29. The number of carbonyl (C=O) groups is 1. The van der Waals surface area contributed by atoms with Gasteiger partial charge < -0.3 is 15.1 Å². The first-order chi connectivity index (χ1) is 9.25. The number of halogens is 1. The average Bonchev–Trinajstić information content (AvgIpc) is 2.94. The van der Waals surface area contributed by atoms with Crippen molar-refractivity contribution in [2.24, 2.45) is 4.99 Å². The second-order valence-electron chi connectivity index (χ2n) is 4.90. The predicted molar refractivity (Wildman–Crippen MR) is 90.8 cm³/mol. The number of carbonyl (C=O) groups excluding carboxylic acids is 1. The van der Waals surface area contributed by atoms with Crippen LogP contribution in [0, 0.1) is 0 Å². The maximum Gasteiger partial charge on any atom is 0.231 e. The van der Waals surface area contributed by atoms with Crippen LogP contribution in [0.4, 0.5) is 5.69 Å². The number of guanidine groups is 1. The Hall–Kier alpha value is -1.31. The molecule has 2 aliphatic rings. The zero-order chi connectivity index (χ0) is 13.2. The molecule has 3 rings (SSSR count). The Balaban J connectivity index is 0.00000147. The number of amides is 1. The molecule has 0 aromatic heterocycles. The lowest BCUT2D eigenvalue weighted by Crippen LogP contribution is -2.41. The third kappa shape index (κ3) is 2.89. The fourth-order valence-corrected chi connectivity index (χ4v) is 2.56. The second kappa shape index (κ2) is 6.43. The number of hydrogen-bond acceptors (Lipinski definition) is 4. The minimum atomic E-state index is 0. The summed E-state index contributed by atoms with van der Waals surface area (Å²) in [6.45, 7) is 3.23. The highest BCUT2D eigenvalue weighted by molar-refractivity contribution is 14.0. The van der Waals surface area contributed by atoms with Gasteiger partial charge in [0.25, 0.3) is 0 Å². The summed E-state index contributed by atoms with van der Waals surface area (Å²) in [7, 11) is 2.02. The van der Waals surface area contributed by atoms with Gasteiger partial charge in [0.1, 0.15) is 0 Å². The minimum Gasteiger partial charge on any atom is -0.354 e. The molecule has 0 spiro atoms. The van der Waals surface area contributed by atoms with Gasteiger partial charge in [0.05, 0.1) is 13.0 Å². The molecule has 108 valence electrons. The van der Waals surface area contributed by atoms with E-state index >= 15 is 0 Å². The first-order valence-corrected chi connectivity index (χ1v) is 6.63. The fraction of sp³-hybridized carbons (Fsp3) is 0.429. The molecule has 1 aromatic carbocycles. The lowest BCUT2D eigenvalue weighted by molar-refractivity contribution is -0.117. The number of rotatable bonds is 3. The summed E-state index contributed by atoms with van der Waals surface area (Å²) >= 11 is 0. The monoisotopic (exact) mass is 386 g/mol. The lowest BCUT2D eigenvalue weighted by Gasteiger charge is -2.20. The van der Waals surface area contributed by atoms with Crippen LogP contribution in [0.2, 0.25) is 0 Å². The van der Waals surface area contributed by atoms with Crippen LogP contribution in [0.15, 0.2) is 29.3 Å². The number of likely N-dealkylation sites (N-methyl/N-ethyl adjacent to an activating group) is 1. The zero-order valence-electron chi connectivity index (χ0n) is 11.5. The van der Waals surface area contributed by atoms with Gasteiger partial charge in [-0.2, -0.15) is 0 Å². The summed E-state index contributed by atoms with van der Waals surface area (Å²) < 4.78 is 0. The van der Waals surface area contributed by atoms with Crippen molar-refractivity contribution in [3.63, 3.8) is 0 Å². The van der Waals surface area contributed by atoms with Crippen LogP contribution in [0.5, 0.6) is 0 Å². The molecule has 0 fully saturated rings. The van der Waals surface area contributed by atoms with Crippen molar-refractivity contribution in [3.8, 4) is 0 Å². The number of nitrogens with zero attached hydrogens (tertiary/aromatic N) is 3. The maximum atomic E-state index is 12.0. The van der Waals surface area contributed by atoms with Gasteiger partial charge in [-0.15, -0.1) is 24.0 Å². The number of hydrogen-bond donors (Lipinski definition) is 1. The molecule has 0 saturated heterocycles. The molecule has 0 aliphatic carbocycles. The SMILES string of the molecule is CN1CCN=C1NCCN1C(=O)Cc2ccccc21.I. The van der Waals surface area contributed by atoms with Crippen LogP contribution in [-0.4, -0.2) is 50.0 Å². The smallest absolute Gasteiger partial charge is 0.231 e. The summed E-state index contributed by atoms with van der Waals surface area (Å²) in [6.07, 6.45) is 0.525. The van der Waals surface area contributed by atoms with Crippen molar-refractivity contribution in [1.82, 2.24) is 10.2 Å². The van der Waals surface area contributed by atoms with Gasteiger partial charge in [-0.1, -0.05) is 18.2 Å². The van der Waals surface area contributed by atoms with Crippen LogP contribution in [0.25, 0.3) is 0 Å². The number of nitrogens with one attached hydrogen (secondary N) is 1. The summed E-state index contributed by atoms with van der Waals surface area (Å²) in [6, 6.07) is 8.00. The van der Waals surface area contributed by atoms with E-state index in [2.05, 4.69) is 15.2 Å². The summed E-state index contributed by atoms with van der Waals surface area (Å²) in [4.78, 5) is 20.3. The summed E-state index contributed by atoms with van der Waals surface area (Å²) in [5.74, 6) is 1.12. The number of anilines is 1. The molecule has 6 heteroatoms. The molecule has 2 aliphatic heterocycles. The van der Waals surface area contributed by atoms with Gasteiger partial charge in [-0.05, 0) is 11.6 Å². The third-order valence-corrected chi connectivity index (χ3v) is 3.60. The fourth-order valence-electron chi connectivity index (χ4n) is 2.56. The van der Waals surface area contributed by atoms with Crippen molar-refractivity contribution < 1.29 is 4.79 Å². The van der Waals surface area contributed by atoms with E-state index in [9.17, 15) is 4.79 Å². The molecular formula is C14H19IN4O. The largest absolute Gasteiger partial charge is 0.354 e. The average molecular weight is 386 g/mol. The standard InChI is InChI=1S/C14H18N4O.HI/c1-17-8-6-15-14(17)16-7-9-18-12-5-3-2-4-11(12)10-13(18)19;/h2-5H,6-10H2,1H3,(H,15,16);1H. The van der Waals surface area contributed by atoms with Gasteiger partial charge in [-0.25, -0.2) is 0 Å². The highest BCUT2D eigenvalue weighted by atomic mass is 127. The number of fused-ring (bicyclic) bond motifs is 1. The molecule has 0 unspecified atom stereocenters. The Morgan fingerprint density at radius 2 is 2.15 bits per heavy atom. The predicted octanol–water partition coefficient (Wildman–Crippen LogP) is 1.08. The van der Waals surface area contributed by atoms with Gasteiger partial charge in [0.2, 0.25) is 5.91 Å². The van der Waals surface area contributed by atoms with Gasteiger partial charge in [0, 0.05) is 32.4 Å². The molecular weight excluding hydrogens is 367 g/mol. The topological polar surface area (TPSA) is 47.9 Å². The van der Waals surface area contributed by atoms with E-state index in [-0.39, 0.29) is 29.9 Å². The van der Waals surface area contributed by atoms with Gasteiger partial charge in [-0.3, -0.25) is 9.79 Å². The molecule has 5 nitrogen and oxygen atoms in total. The molecule has 1 amide bonds. The van der Waals surface area contributed by atoms with E-state index in [4.69, 9.17) is 0 Å². The molecule has 20 heavy (non-hydrogen) atoms. The third-order valence-electron chi connectivity index (χ3n) is 3.60. The van der Waals surface area contributed by atoms with Gasteiger partial charge in [0.15, 0.2) is 5.96 Å². The van der Waals surface area contributed by atoms with Crippen molar-refractivity contribution in [2.75, 3.05) is 38.1 Å².